The maximum Gasteiger partial charge on any atom is 0.405 e. The van der Waals surface area contributed by atoms with Crippen molar-refractivity contribution in [3.8, 4) is 0 Å². The zero-order valence-corrected chi connectivity index (χ0v) is 21.3. The summed E-state index contributed by atoms with van der Waals surface area (Å²) in [6.45, 7) is 9.42. The summed E-state index contributed by atoms with van der Waals surface area (Å²) in [6.07, 6.45) is 7.22. The molecule has 5 N–H and O–H groups in total. The number of nitrogens with zero attached hydrogens (tertiary/aromatic N) is 1. The second-order valence-corrected chi connectivity index (χ2v) is 11.4. The SMILES string of the molecule is CC(=O)NC(C)(C)/C=C/N1NCC(C(=O)NC2C3CC4CC2CC(OC(N)=O)(C4)C3)=C1OC(C)C. The molecule has 2 unspecified atom stereocenters. The Morgan fingerprint density at radius 2 is 1.86 bits per heavy atom. The molecule has 0 aromatic carbocycles. The molecule has 0 saturated heterocycles. The van der Waals surface area contributed by atoms with E-state index in [0.717, 1.165) is 32.1 Å². The molecule has 35 heavy (non-hydrogen) atoms. The summed E-state index contributed by atoms with van der Waals surface area (Å²) >= 11 is 0. The Kier molecular flexibility index (Phi) is 6.78. The fourth-order valence-corrected chi connectivity index (χ4v) is 6.62. The van der Waals surface area contributed by atoms with Gasteiger partial charge in [-0.15, -0.1) is 0 Å². The van der Waals surface area contributed by atoms with E-state index in [1.54, 1.807) is 11.2 Å². The summed E-state index contributed by atoms with van der Waals surface area (Å²) in [5, 5.41) is 7.88. The number of amides is 3. The third-order valence-electron chi connectivity index (χ3n) is 7.49. The number of ether oxygens (including phenoxy) is 2. The van der Waals surface area contributed by atoms with Crippen molar-refractivity contribution < 1.29 is 23.9 Å². The predicted molar refractivity (Wildman–Crippen MR) is 129 cm³/mol. The molecular formula is C25H39N5O5. The zero-order chi connectivity index (χ0) is 25.5. The van der Waals surface area contributed by atoms with Crippen LogP contribution in [0.2, 0.25) is 0 Å². The molecule has 10 heteroatoms. The van der Waals surface area contributed by atoms with Gasteiger partial charge < -0.3 is 25.8 Å². The van der Waals surface area contributed by atoms with Gasteiger partial charge in [-0.05, 0) is 83.6 Å². The van der Waals surface area contributed by atoms with Gasteiger partial charge in [-0.1, -0.05) is 0 Å². The molecule has 0 radical (unpaired) electrons. The predicted octanol–water partition coefficient (Wildman–Crippen LogP) is 2.03. The third-order valence-corrected chi connectivity index (χ3v) is 7.49. The van der Waals surface area contributed by atoms with E-state index in [0.29, 0.717) is 23.9 Å². The number of primary amides is 1. The molecule has 0 spiro atoms. The first-order chi connectivity index (χ1) is 16.4. The Hall–Kier alpha value is -2.75. The molecule has 4 saturated carbocycles. The number of nitrogens with one attached hydrogen (secondary N) is 3. The minimum Gasteiger partial charge on any atom is -0.475 e. The van der Waals surface area contributed by atoms with Crippen molar-refractivity contribution >= 4 is 17.9 Å². The average Bonchev–Trinajstić information content (AvgIpc) is 3.08. The Labute approximate surface area is 207 Å². The summed E-state index contributed by atoms with van der Waals surface area (Å²) in [5.74, 6) is 1.24. The van der Waals surface area contributed by atoms with Crippen LogP contribution in [0.3, 0.4) is 0 Å². The van der Waals surface area contributed by atoms with Crippen molar-refractivity contribution in [2.24, 2.45) is 23.5 Å². The topological polar surface area (TPSA) is 135 Å². The van der Waals surface area contributed by atoms with E-state index >= 15 is 0 Å². The average molecular weight is 490 g/mol. The van der Waals surface area contributed by atoms with Crippen LogP contribution in [-0.2, 0) is 19.1 Å². The molecule has 2 atom stereocenters. The summed E-state index contributed by atoms with van der Waals surface area (Å²) in [4.78, 5) is 36.5. The molecule has 1 aliphatic heterocycles. The molecule has 0 aromatic heterocycles. The minimum atomic E-state index is -0.708. The number of hydrogen-bond acceptors (Lipinski definition) is 7. The van der Waals surface area contributed by atoms with Crippen LogP contribution in [0, 0.1) is 17.8 Å². The Bertz CT molecular complexity index is 927. The van der Waals surface area contributed by atoms with Crippen molar-refractivity contribution in [3.63, 3.8) is 0 Å². The van der Waals surface area contributed by atoms with Crippen LogP contribution in [0.4, 0.5) is 4.79 Å². The van der Waals surface area contributed by atoms with Gasteiger partial charge in [-0.3, -0.25) is 14.6 Å². The maximum atomic E-state index is 13.5. The standard InChI is InChI=1S/C25H39N5O5/c1-14(2)34-22-19(13-27-30(22)7-6-24(4,5)29-15(3)31)21(32)28-20-17-8-16-9-18(20)12-25(10-16,11-17)35-23(26)33/h6-7,14,16-18,20,27H,8-13H2,1-5H3,(H2,26,33)(H,28,32)(H,29,31)/b7-6+. The fourth-order valence-electron chi connectivity index (χ4n) is 6.62. The first-order valence-electron chi connectivity index (χ1n) is 12.6. The maximum absolute atomic E-state index is 13.5. The normalized spacial score (nSPS) is 31.9. The quantitative estimate of drug-likeness (QED) is 0.410. The van der Waals surface area contributed by atoms with E-state index in [4.69, 9.17) is 15.2 Å². The van der Waals surface area contributed by atoms with Crippen LogP contribution >= 0.6 is 0 Å². The number of hydrogen-bond donors (Lipinski definition) is 4. The Morgan fingerprint density at radius 3 is 2.43 bits per heavy atom. The van der Waals surface area contributed by atoms with E-state index in [9.17, 15) is 14.4 Å². The summed E-state index contributed by atoms with van der Waals surface area (Å²) in [6, 6.07) is 0.0414. The molecule has 4 aliphatic carbocycles. The van der Waals surface area contributed by atoms with Gasteiger partial charge in [-0.2, -0.15) is 0 Å². The number of carbonyl (C=O) groups excluding carboxylic acids is 3. The molecule has 1 heterocycles. The second kappa shape index (κ2) is 9.37. The monoisotopic (exact) mass is 489 g/mol. The van der Waals surface area contributed by atoms with E-state index < -0.39 is 17.2 Å². The molecule has 4 bridgehead atoms. The highest BCUT2D eigenvalue weighted by Crippen LogP contribution is 2.57. The van der Waals surface area contributed by atoms with Gasteiger partial charge in [0.05, 0.1) is 23.8 Å². The number of carbonyl (C=O) groups is 3. The number of rotatable bonds is 8. The smallest absolute Gasteiger partial charge is 0.405 e. The summed E-state index contributed by atoms with van der Waals surface area (Å²) < 4.78 is 11.6. The van der Waals surface area contributed by atoms with Crippen molar-refractivity contribution in [1.29, 1.82) is 0 Å². The van der Waals surface area contributed by atoms with Crippen LogP contribution < -0.4 is 21.8 Å². The highest BCUT2D eigenvalue weighted by atomic mass is 16.6. The van der Waals surface area contributed by atoms with E-state index in [1.165, 1.54) is 6.92 Å². The van der Waals surface area contributed by atoms with E-state index in [1.807, 2.05) is 33.8 Å². The molecule has 3 amide bonds. The van der Waals surface area contributed by atoms with Crippen molar-refractivity contribution in [1.82, 2.24) is 21.1 Å². The lowest BCUT2D eigenvalue weighted by Crippen LogP contribution is -2.63. The van der Waals surface area contributed by atoms with Crippen molar-refractivity contribution in [3.05, 3.63) is 23.7 Å². The lowest BCUT2D eigenvalue weighted by Gasteiger charge is -2.58. The van der Waals surface area contributed by atoms with E-state index in [-0.39, 0.29) is 35.8 Å². The van der Waals surface area contributed by atoms with Crippen LogP contribution in [0.25, 0.3) is 0 Å². The lowest BCUT2D eigenvalue weighted by molar-refractivity contribution is -0.145. The molecular weight excluding hydrogens is 450 g/mol. The van der Waals surface area contributed by atoms with Crippen LogP contribution in [0.15, 0.2) is 23.7 Å². The van der Waals surface area contributed by atoms with Crippen LogP contribution in [-0.4, -0.2) is 52.7 Å². The Morgan fingerprint density at radius 1 is 1.20 bits per heavy atom. The zero-order valence-electron chi connectivity index (χ0n) is 21.3. The van der Waals surface area contributed by atoms with Gasteiger partial charge in [0.1, 0.15) is 5.60 Å². The van der Waals surface area contributed by atoms with Gasteiger partial charge in [0.25, 0.3) is 5.91 Å². The van der Waals surface area contributed by atoms with E-state index in [2.05, 4.69) is 16.1 Å². The molecule has 5 aliphatic rings. The molecule has 10 nitrogen and oxygen atoms in total. The molecule has 4 fully saturated rings. The highest BCUT2D eigenvalue weighted by molar-refractivity contribution is 5.95. The van der Waals surface area contributed by atoms with Gasteiger partial charge in [0, 0.05) is 19.2 Å². The van der Waals surface area contributed by atoms with Gasteiger partial charge in [0.15, 0.2) is 0 Å². The largest absolute Gasteiger partial charge is 0.475 e. The van der Waals surface area contributed by atoms with Crippen LogP contribution in [0.5, 0.6) is 0 Å². The first kappa shape index (κ1) is 25.3. The fraction of sp³-hybridized carbons (Fsp3) is 0.720. The molecule has 0 aromatic rings. The minimum absolute atomic E-state index is 0.0414. The highest BCUT2D eigenvalue weighted by Gasteiger charge is 2.57. The van der Waals surface area contributed by atoms with Gasteiger partial charge >= 0.3 is 6.09 Å². The van der Waals surface area contributed by atoms with Gasteiger partial charge in [0.2, 0.25) is 11.8 Å². The van der Waals surface area contributed by atoms with Crippen molar-refractivity contribution in [2.45, 2.75) is 90.0 Å². The lowest BCUT2D eigenvalue weighted by atomic mass is 9.52. The van der Waals surface area contributed by atoms with Crippen LogP contribution in [0.1, 0.15) is 66.7 Å². The summed E-state index contributed by atoms with van der Waals surface area (Å²) in [5.41, 5.74) is 8.08. The molecule has 5 rings (SSSR count). The Balaban J connectivity index is 1.49. The number of hydrazine groups is 1. The first-order valence-corrected chi connectivity index (χ1v) is 12.6. The molecule has 194 valence electrons. The van der Waals surface area contributed by atoms with Crippen molar-refractivity contribution in [2.75, 3.05) is 6.54 Å². The second-order valence-electron chi connectivity index (χ2n) is 11.4. The summed E-state index contributed by atoms with van der Waals surface area (Å²) in [7, 11) is 0. The third kappa shape index (κ3) is 5.58. The number of nitrogens with two attached hydrogens (primary N) is 1. The van der Waals surface area contributed by atoms with Gasteiger partial charge in [-0.25, -0.2) is 10.2 Å².